The molecule has 1 aromatic carbocycles. The summed E-state index contributed by atoms with van der Waals surface area (Å²) in [4.78, 5) is -0.613. The Kier molecular flexibility index (Phi) is 4.66. The van der Waals surface area contributed by atoms with E-state index in [9.17, 15) is 17.2 Å². The molecule has 0 radical (unpaired) electrons. The topological polar surface area (TPSA) is 84.2 Å². The highest BCUT2D eigenvalue weighted by molar-refractivity contribution is 7.89. The van der Waals surface area contributed by atoms with Crippen LogP contribution in [0.4, 0.5) is 8.78 Å². The van der Waals surface area contributed by atoms with Crippen LogP contribution in [0.2, 0.25) is 0 Å². The second-order valence-corrected chi connectivity index (χ2v) is 5.92. The maximum Gasteiger partial charge on any atom is 0.243 e. The summed E-state index contributed by atoms with van der Waals surface area (Å²) in [6, 6.07) is 3.27. The Labute approximate surface area is 120 Å². The van der Waals surface area contributed by atoms with Crippen LogP contribution in [-0.2, 0) is 23.1 Å². The van der Waals surface area contributed by atoms with Crippen molar-refractivity contribution < 1.29 is 21.7 Å². The standard InChI is InChI=1S/C12H13F2N3O3S/c1-15-7-9-10(13)2-3-11(12(9)14)21(18,19)16-6-8-4-5-20-17-8/h2-5,15-16H,6-7H2,1H3. The first-order chi connectivity index (χ1) is 9.95. The molecular weight excluding hydrogens is 304 g/mol. The van der Waals surface area contributed by atoms with Gasteiger partial charge in [0.2, 0.25) is 10.0 Å². The molecule has 0 atom stereocenters. The maximum absolute atomic E-state index is 14.1. The van der Waals surface area contributed by atoms with Gasteiger partial charge in [-0.25, -0.2) is 21.9 Å². The van der Waals surface area contributed by atoms with Crippen LogP contribution in [0.25, 0.3) is 0 Å². The van der Waals surface area contributed by atoms with Gasteiger partial charge >= 0.3 is 0 Å². The molecule has 0 unspecified atom stereocenters. The Morgan fingerprint density at radius 1 is 1.24 bits per heavy atom. The Balaban J connectivity index is 2.29. The summed E-state index contributed by atoms with van der Waals surface area (Å²) >= 11 is 0. The molecule has 2 N–H and O–H groups in total. The van der Waals surface area contributed by atoms with Crippen molar-refractivity contribution in [2.75, 3.05) is 7.05 Å². The number of rotatable bonds is 6. The summed E-state index contributed by atoms with van der Waals surface area (Å²) in [6.45, 7) is -0.276. The van der Waals surface area contributed by atoms with Crippen molar-refractivity contribution in [2.45, 2.75) is 18.0 Å². The van der Waals surface area contributed by atoms with Crippen molar-refractivity contribution in [3.05, 3.63) is 47.4 Å². The summed E-state index contributed by atoms with van der Waals surface area (Å²) in [7, 11) is -2.62. The van der Waals surface area contributed by atoms with E-state index in [1.165, 1.54) is 19.4 Å². The van der Waals surface area contributed by atoms with E-state index < -0.39 is 26.6 Å². The van der Waals surface area contributed by atoms with Gasteiger partial charge in [0, 0.05) is 18.2 Å². The van der Waals surface area contributed by atoms with E-state index in [2.05, 4.69) is 19.7 Å². The van der Waals surface area contributed by atoms with E-state index in [1.54, 1.807) is 0 Å². The van der Waals surface area contributed by atoms with E-state index in [-0.39, 0.29) is 18.7 Å². The molecule has 0 saturated carbocycles. The molecule has 0 bridgehead atoms. The molecule has 2 rings (SSSR count). The summed E-state index contributed by atoms with van der Waals surface area (Å²) in [5.74, 6) is -1.92. The molecule has 0 saturated heterocycles. The molecule has 1 heterocycles. The minimum atomic E-state index is -4.13. The molecule has 0 aliphatic carbocycles. The molecule has 0 aliphatic heterocycles. The molecule has 9 heteroatoms. The number of nitrogens with one attached hydrogen (secondary N) is 2. The maximum atomic E-state index is 14.1. The van der Waals surface area contributed by atoms with Crippen LogP contribution in [0.15, 0.2) is 33.9 Å². The van der Waals surface area contributed by atoms with Crippen LogP contribution in [0.1, 0.15) is 11.3 Å². The van der Waals surface area contributed by atoms with Gasteiger partial charge in [0.1, 0.15) is 17.0 Å². The molecule has 1 aromatic heterocycles. The lowest BCUT2D eigenvalue weighted by molar-refractivity contribution is 0.411. The predicted octanol–water partition coefficient (Wildman–Crippen LogP) is 1.15. The van der Waals surface area contributed by atoms with Crippen molar-refractivity contribution in [3.8, 4) is 0 Å². The molecule has 0 spiro atoms. The molecule has 2 aromatic rings. The molecular formula is C12H13F2N3O3S. The van der Waals surface area contributed by atoms with Gasteiger partial charge in [-0.2, -0.15) is 0 Å². The van der Waals surface area contributed by atoms with E-state index in [4.69, 9.17) is 0 Å². The Bertz CT molecular complexity index is 718. The lowest BCUT2D eigenvalue weighted by Crippen LogP contribution is -2.25. The van der Waals surface area contributed by atoms with Crippen molar-refractivity contribution >= 4 is 10.0 Å². The first kappa shape index (κ1) is 15.5. The molecule has 0 amide bonds. The largest absolute Gasteiger partial charge is 0.364 e. The number of sulfonamides is 1. The number of nitrogens with zero attached hydrogens (tertiary/aromatic N) is 1. The lowest BCUT2D eigenvalue weighted by Gasteiger charge is -2.10. The molecule has 6 nitrogen and oxygen atoms in total. The van der Waals surface area contributed by atoms with Crippen LogP contribution in [-0.4, -0.2) is 20.6 Å². The fourth-order valence-electron chi connectivity index (χ4n) is 1.70. The lowest BCUT2D eigenvalue weighted by atomic mass is 10.2. The van der Waals surface area contributed by atoms with E-state index in [1.807, 2.05) is 0 Å². The summed E-state index contributed by atoms with van der Waals surface area (Å²) in [6.07, 6.45) is 1.28. The van der Waals surface area contributed by atoms with Crippen LogP contribution in [0.3, 0.4) is 0 Å². The summed E-state index contributed by atoms with van der Waals surface area (Å²) in [5.41, 5.74) is 0.0124. The van der Waals surface area contributed by atoms with E-state index >= 15 is 0 Å². The predicted molar refractivity (Wildman–Crippen MR) is 69.7 cm³/mol. The van der Waals surface area contributed by atoms with Gasteiger partial charge in [0.05, 0.1) is 12.2 Å². The molecule has 21 heavy (non-hydrogen) atoms. The summed E-state index contributed by atoms with van der Waals surface area (Å²) < 4.78 is 58.5. The van der Waals surface area contributed by atoms with Crippen LogP contribution < -0.4 is 10.0 Å². The first-order valence-corrected chi connectivity index (χ1v) is 7.44. The minimum absolute atomic E-state index is 0.121. The van der Waals surface area contributed by atoms with Gasteiger partial charge in [-0.1, -0.05) is 5.16 Å². The van der Waals surface area contributed by atoms with Gasteiger partial charge in [0.15, 0.2) is 5.82 Å². The quantitative estimate of drug-likeness (QED) is 0.835. The SMILES string of the molecule is CNCc1c(F)ccc(S(=O)(=O)NCc2ccon2)c1F. The van der Waals surface area contributed by atoms with Crippen molar-refractivity contribution in [2.24, 2.45) is 0 Å². The average Bonchev–Trinajstić information content (AvgIpc) is 2.94. The number of hydrogen-bond acceptors (Lipinski definition) is 5. The zero-order valence-corrected chi connectivity index (χ0v) is 11.9. The molecule has 0 fully saturated rings. The van der Waals surface area contributed by atoms with E-state index in [0.29, 0.717) is 5.69 Å². The number of hydrogen-bond donors (Lipinski definition) is 2. The highest BCUT2D eigenvalue weighted by Crippen LogP contribution is 2.21. The highest BCUT2D eigenvalue weighted by atomic mass is 32.2. The van der Waals surface area contributed by atoms with Crippen LogP contribution in [0, 0.1) is 11.6 Å². The fourth-order valence-corrected chi connectivity index (χ4v) is 2.80. The summed E-state index contributed by atoms with van der Waals surface area (Å²) in [5, 5.41) is 6.11. The van der Waals surface area contributed by atoms with E-state index in [0.717, 1.165) is 12.1 Å². The number of halogens is 2. The third-order valence-corrected chi connectivity index (χ3v) is 4.15. The van der Waals surface area contributed by atoms with Crippen LogP contribution >= 0.6 is 0 Å². The normalized spacial score (nSPS) is 11.8. The third kappa shape index (κ3) is 3.43. The average molecular weight is 317 g/mol. The smallest absolute Gasteiger partial charge is 0.243 e. The first-order valence-electron chi connectivity index (χ1n) is 5.96. The fraction of sp³-hybridized carbons (Fsp3) is 0.250. The van der Waals surface area contributed by atoms with Gasteiger partial charge in [-0.3, -0.25) is 0 Å². The van der Waals surface area contributed by atoms with Gasteiger partial charge in [0.25, 0.3) is 0 Å². The van der Waals surface area contributed by atoms with Crippen molar-refractivity contribution in [1.82, 2.24) is 15.2 Å². The highest BCUT2D eigenvalue weighted by Gasteiger charge is 2.23. The Morgan fingerprint density at radius 3 is 2.62 bits per heavy atom. The molecule has 114 valence electrons. The van der Waals surface area contributed by atoms with Crippen molar-refractivity contribution in [1.29, 1.82) is 0 Å². The van der Waals surface area contributed by atoms with Gasteiger partial charge in [-0.05, 0) is 19.2 Å². The Hall–Kier alpha value is -1.84. The van der Waals surface area contributed by atoms with Gasteiger partial charge in [-0.15, -0.1) is 0 Å². The monoisotopic (exact) mass is 317 g/mol. The van der Waals surface area contributed by atoms with Crippen LogP contribution in [0.5, 0.6) is 0 Å². The second kappa shape index (κ2) is 6.29. The molecule has 0 aliphatic rings. The zero-order valence-electron chi connectivity index (χ0n) is 11.1. The van der Waals surface area contributed by atoms with Crippen molar-refractivity contribution in [3.63, 3.8) is 0 Å². The number of aromatic nitrogens is 1. The van der Waals surface area contributed by atoms with Gasteiger partial charge < -0.3 is 9.84 Å². The zero-order chi connectivity index (χ0) is 15.5. The second-order valence-electron chi connectivity index (χ2n) is 4.18. The number of benzene rings is 1. The Morgan fingerprint density at radius 2 is 2.00 bits per heavy atom. The third-order valence-electron chi connectivity index (χ3n) is 2.73. The minimum Gasteiger partial charge on any atom is -0.364 e.